The molecule has 4 rings (SSSR count). The fourth-order valence-corrected chi connectivity index (χ4v) is 2.71. The van der Waals surface area contributed by atoms with Crippen molar-refractivity contribution in [1.29, 1.82) is 0 Å². The predicted molar refractivity (Wildman–Crippen MR) is 81.2 cm³/mol. The van der Waals surface area contributed by atoms with Gasteiger partial charge in [0, 0.05) is 25.7 Å². The van der Waals surface area contributed by atoms with Gasteiger partial charge in [0.2, 0.25) is 5.89 Å². The number of hydrogen-bond donors (Lipinski definition) is 0. The first-order valence-electron chi connectivity index (χ1n) is 7.74. The Morgan fingerprint density at radius 3 is 3.09 bits per heavy atom. The summed E-state index contributed by atoms with van der Waals surface area (Å²) in [4.78, 5) is 11.3. The van der Waals surface area contributed by atoms with Gasteiger partial charge in [-0.1, -0.05) is 6.92 Å². The molecule has 7 nitrogen and oxygen atoms in total. The van der Waals surface area contributed by atoms with Crippen molar-refractivity contribution in [3.63, 3.8) is 0 Å². The molecule has 7 heteroatoms. The second-order valence-corrected chi connectivity index (χ2v) is 5.55. The molecule has 0 N–H and O–H groups in total. The molecule has 0 saturated carbocycles. The van der Waals surface area contributed by atoms with Gasteiger partial charge in [-0.2, -0.15) is 0 Å². The summed E-state index contributed by atoms with van der Waals surface area (Å²) in [5.74, 6) is 2.49. The largest absolute Gasteiger partial charge is 0.459 e. The minimum atomic E-state index is 0.415. The smallest absolute Gasteiger partial charge is 0.283 e. The van der Waals surface area contributed by atoms with Gasteiger partial charge in [0.1, 0.15) is 5.82 Å². The number of fused-ring (bicyclic) bond motifs is 1. The lowest BCUT2D eigenvalue weighted by atomic mass is 10.1. The number of aromatic nitrogens is 4. The van der Waals surface area contributed by atoms with Crippen LogP contribution >= 0.6 is 0 Å². The van der Waals surface area contributed by atoms with E-state index in [4.69, 9.17) is 8.83 Å². The molecular weight excluding hydrogens is 294 g/mol. The van der Waals surface area contributed by atoms with Gasteiger partial charge in [-0.25, -0.2) is 9.97 Å². The molecule has 0 unspecified atom stereocenters. The van der Waals surface area contributed by atoms with E-state index in [1.54, 1.807) is 18.4 Å². The second-order valence-electron chi connectivity index (χ2n) is 5.55. The molecule has 3 aromatic heterocycles. The first kappa shape index (κ1) is 14.1. The van der Waals surface area contributed by atoms with Crippen molar-refractivity contribution in [2.45, 2.75) is 32.9 Å². The van der Waals surface area contributed by atoms with Crippen LogP contribution in [-0.2, 0) is 25.9 Å². The van der Waals surface area contributed by atoms with E-state index >= 15 is 0 Å². The van der Waals surface area contributed by atoms with E-state index in [2.05, 4.69) is 32.0 Å². The maximum absolute atomic E-state index is 5.67. The third-order valence-corrected chi connectivity index (χ3v) is 3.95. The van der Waals surface area contributed by atoms with Gasteiger partial charge < -0.3 is 8.83 Å². The molecule has 0 fully saturated rings. The molecule has 1 aliphatic heterocycles. The lowest BCUT2D eigenvalue weighted by molar-refractivity contribution is 0.217. The van der Waals surface area contributed by atoms with Crippen molar-refractivity contribution in [3.8, 4) is 11.7 Å². The average Bonchev–Trinajstić information content (AvgIpc) is 3.25. The molecular formula is C16H17N5O2. The van der Waals surface area contributed by atoms with Crippen molar-refractivity contribution in [2.24, 2.45) is 0 Å². The summed E-state index contributed by atoms with van der Waals surface area (Å²) in [6, 6.07) is 3.60. The van der Waals surface area contributed by atoms with E-state index in [9.17, 15) is 0 Å². The monoisotopic (exact) mass is 311 g/mol. The molecule has 0 bridgehead atoms. The predicted octanol–water partition coefficient (Wildman–Crippen LogP) is 2.24. The number of nitrogens with zero attached hydrogens (tertiary/aromatic N) is 5. The summed E-state index contributed by atoms with van der Waals surface area (Å²) in [5.41, 5.74) is 2.34. The zero-order chi connectivity index (χ0) is 15.6. The molecule has 23 heavy (non-hydrogen) atoms. The van der Waals surface area contributed by atoms with E-state index < -0.39 is 0 Å². The van der Waals surface area contributed by atoms with Crippen LogP contribution in [0.4, 0.5) is 0 Å². The Balaban J connectivity index is 1.48. The Morgan fingerprint density at radius 1 is 1.30 bits per heavy atom. The van der Waals surface area contributed by atoms with E-state index in [1.165, 1.54) is 5.56 Å². The summed E-state index contributed by atoms with van der Waals surface area (Å²) < 4.78 is 10.9. The molecule has 0 aromatic carbocycles. The van der Waals surface area contributed by atoms with Crippen LogP contribution in [0.5, 0.6) is 0 Å². The molecule has 0 atom stereocenters. The lowest BCUT2D eigenvalue weighted by Gasteiger charge is -2.26. The Kier molecular flexibility index (Phi) is 3.63. The minimum Gasteiger partial charge on any atom is -0.459 e. The molecule has 0 aliphatic carbocycles. The lowest BCUT2D eigenvalue weighted by Crippen LogP contribution is -2.31. The molecule has 3 aromatic rings. The highest BCUT2D eigenvalue weighted by molar-refractivity contribution is 5.42. The second kappa shape index (κ2) is 5.92. The van der Waals surface area contributed by atoms with Gasteiger partial charge in [0.05, 0.1) is 18.5 Å². The third-order valence-electron chi connectivity index (χ3n) is 3.95. The van der Waals surface area contributed by atoms with Crippen LogP contribution in [0.1, 0.15) is 29.9 Å². The van der Waals surface area contributed by atoms with E-state index in [0.717, 1.165) is 37.4 Å². The summed E-state index contributed by atoms with van der Waals surface area (Å²) >= 11 is 0. The average molecular weight is 311 g/mol. The van der Waals surface area contributed by atoms with E-state index in [0.29, 0.717) is 24.1 Å². The fraction of sp³-hybridized carbons (Fsp3) is 0.375. The van der Waals surface area contributed by atoms with Gasteiger partial charge in [-0.05, 0) is 24.1 Å². The van der Waals surface area contributed by atoms with Gasteiger partial charge in [-0.3, -0.25) is 4.90 Å². The molecule has 0 radical (unpaired) electrons. The number of hydrogen-bond acceptors (Lipinski definition) is 7. The van der Waals surface area contributed by atoms with Gasteiger partial charge in [-0.15, -0.1) is 10.2 Å². The molecule has 0 spiro atoms. The molecule has 0 saturated heterocycles. The van der Waals surface area contributed by atoms with Gasteiger partial charge >= 0.3 is 0 Å². The van der Waals surface area contributed by atoms with Gasteiger partial charge in [0.15, 0.2) is 5.76 Å². The van der Waals surface area contributed by atoms with Crippen molar-refractivity contribution in [3.05, 3.63) is 47.6 Å². The van der Waals surface area contributed by atoms with Crippen LogP contribution in [0.3, 0.4) is 0 Å². The van der Waals surface area contributed by atoms with Crippen LogP contribution < -0.4 is 0 Å². The third kappa shape index (κ3) is 2.87. The van der Waals surface area contributed by atoms with E-state index in [-0.39, 0.29) is 0 Å². The zero-order valence-corrected chi connectivity index (χ0v) is 12.9. The van der Waals surface area contributed by atoms with Crippen molar-refractivity contribution in [2.75, 3.05) is 6.54 Å². The van der Waals surface area contributed by atoms with Crippen LogP contribution in [-0.4, -0.2) is 31.6 Å². The quantitative estimate of drug-likeness (QED) is 0.731. The van der Waals surface area contributed by atoms with Crippen LogP contribution in [0.25, 0.3) is 11.7 Å². The normalized spacial score (nSPS) is 14.8. The first-order valence-corrected chi connectivity index (χ1v) is 7.74. The first-order chi connectivity index (χ1) is 11.3. The Hall–Kier alpha value is -2.54. The Morgan fingerprint density at radius 2 is 2.26 bits per heavy atom. The highest BCUT2D eigenvalue weighted by Gasteiger charge is 2.21. The standard InChI is InChI=1S/C16H17N5O2/c1-2-14-17-8-11-5-6-21(9-12(11)18-14)10-15-19-20-16(23-15)13-4-3-7-22-13/h3-4,7-8H,2,5-6,9-10H2,1H3. The van der Waals surface area contributed by atoms with Gasteiger partial charge in [0.25, 0.3) is 5.89 Å². The molecule has 0 amide bonds. The topological polar surface area (TPSA) is 81.1 Å². The molecule has 4 heterocycles. The maximum atomic E-state index is 5.67. The van der Waals surface area contributed by atoms with Crippen LogP contribution in [0, 0.1) is 0 Å². The molecule has 118 valence electrons. The fourth-order valence-electron chi connectivity index (χ4n) is 2.71. The minimum absolute atomic E-state index is 0.415. The Labute approximate surface area is 133 Å². The number of furan rings is 1. The molecule has 1 aliphatic rings. The van der Waals surface area contributed by atoms with E-state index in [1.807, 2.05) is 6.20 Å². The number of rotatable bonds is 4. The van der Waals surface area contributed by atoms with Crippen LogP contribution in [0.2, 0.25) is 0 Å². The summed E-state index contributed by atoms with van der Waals surface area (Å²) in [7, 11) is 0. The van der Waals surface area contributed by atoms with Crippen molar-refractivity contribution < 1.29 is 8.83 Å². The number of aryl methyl sites for hydroxylation is 1. The zero-order valence-electron chi connectivity index (χ0n) is 12.9. The summed E-state index contributed by atoms with van der Waals surface area (Å²) in [5, 5.41) is 8.14. The highest BCUT2D eigenvalue weighted by Crippen LogP contribution is 2.21. The summed E-state index contributed by atoms with van der Waals surface area (Å²) in [6.07, 6.45) is 5.34. The van der Waals surface area contributed by atoms with Crippen molar-refractivity contribution >= 4 is 0 Å². The van der Waals surface area contributed by atoms with Crippen molar-refractivity contribution in [1.82, 2.24) is 25.1 Å². The SMILES string of the molecule is CCc1ncc2c(n1)CN(Cc1nnc(-c3ccco3)o1)CC2. The highest BCUT2D eigenvalue weighted by atomic mass is 16.4. The van der Waals surface area contributed by atoms with Crippen LogP contribution in [0.15, 0.2) is 33.4 Å². The summed E-state index contributed by atoms with van der Waals surface area (Å²) in [6.45, 7) is 4.39. The Bertz CT molecular complexity index is 797. The maximum Gasteiger partial charge on any atom is 0.283 e.